The second-order valence-corrected chi connectivity index (χ2v) is 9.34. The number of amides is 1. The van der Waals surface area contributed by atoms with Gasteiger partial charge in [-0.05, 0) is 53.6 Å². The van der Waals surface area contributed by atoms with Gasteiger partial charge < -0.3 is 15.2 Å². The molecule has 0 aliphatic heterocycles. The maximum absolute atomic E-state index is 12.9. The Bertz CT molecular complexity index is 1140. The van der Waals surface area contributed by atoms with Crippen molar-refractivity contribution >= 4 is 17.6 Å². The van der Waals surface area contributed by atoms with E-state index in [9.17, 15) is 14.7 Å². The van der Waals surface area contributed by atoms with Crippen molar-refractivity contribution in [2.24, 2.45) is 11.8 Å². The summed E-state index contributed by atoms with van der Waals surface area (Å²) in [6.45, 7) is 10.4. The molecule has 3 aromatic rings. The van der Waals surface area contributed by atoms with E-state index >= 15 is 0 Å². The zero-order valence-corrected chi connectivity index (χ0v) is 20.5. The number of carbonyl (C=O) groups excluding carboxylic acids is 1. The average molecular weight is 460 g/mol. The van der Waals surface area contributed by atoms with Crippen LogP contribution in [-0.4, -0.2) is 23.1 Å². The van der Waals surface area contributed by atoms with Crippen LogP contribution < -0.4 is 10.1 Å². The Kier molecular flexibility index (Phi) is 8.11. The van der Waals surface area contributed by atoms with Crippen LogP contribution in [-0.2, 0) is 11.2 Å². The monoisotopic (exact) mass is 459 g/mol. The van der Waals surface area contributed by atoms with Crippen molar-refractivity contribution in [1.82, 2.24) is 0 Å². The van der Waals surface area contributed by atoms with Gasteiger partial charge in [-0.3, -0.25) is 4.79 Å². The van der Waals surface area contributed by atoms with Crippen LogP contribution in [0, 0.1) is 18.8 Å². The minimum atomic E-state index is -0.999. The highest BCUT2D eigenvalue weighted by molar-refractivity contribution is 5.98. The predicted octanol–water partition coefficient (Wildman–Crippen LogP) is 6.60. The molecule has 0 unspecified atom stereocenters. The highest BCUT2D eigenvalue weighted by Gasteiger charge is 2.22. The smallest absolute Gasteiger partial charge is 0.336 e. The first kappa shape index (κ1) is 25.0. The van der Waals surface area contributed by atoms with E-state index in [1.165, 1.54) is 0 Å². The summed E-state index contributed by atoms with van der Waals surface area (Å²) in [7, 11) is 0. The number of carbonyl (C=O) groups is 2. The Morgan fingerprint density at radius 2 is 1.56 bits per heavy atom. The first-order valence-electron chi connectivity index (χ1n) is 11.6. The van der Waals surface area contributed by atoms with Crippen molar-refractivity contribution < 1.29 is 19.4 Å². The molecule has 0 bridgehead atoms. The summed E-state index contributed by atoms with van der Waals surface area (Å²) < 4.78 is 6.37. The number of benzene rings is 3. The van der Waals surface area contributed by atoms with Crippen molar-refractivity contribution in [3.63, 3.8) is 0 Å². The number of nitrogens with one attached hydrogen (secondary N) is 1. The molecule has 0 heterocycles. The molecule has 2 N–H and O–H groups in total. The second kappa shape index (κ2) is 11.0. The first-order chi connectivity index (χ1) is 16.2. The van der Waals surface area contributed by atoms with E-state index in [-0.39, 0.29) is 35.8 Å². The molecule has 5 heteroatoms. The highest BCUT2D eigenvalue weighted by atomic mass is 16.5. The second-order valence-electron chi connectivity index (χ2n) is 9.34. The zero-order chi connectivity index (χ0) is 24.8. The standard InChI is InChI=1S/C29H33NO4/c1-18(2)28(19(3)4)34-26-15-14-22(23-8-6-7-9-24(23)29(32)33)17-25(26)30-27(31)16-21-12-10-20(5)11-13-21/h6-15,17-19,28H,16H2,1-5H3,(H,30,31)(H,32,33). The third kappa shape index (κ3) is 6.25. The minimum absolute atomic E-state index is 0.0371. The van der Waals surface area contributed by atoms with Gasteiger partial charge in [-0.25, -0.2) is 4.79 Å². The number of anilines is 1. The number of rotatable bonds is 9. The number of carboxylic acids is 1. The molecule has 1 amide bonds. The van der Waals surface area contributed by atoms with Gasteiger partial charge in [0.25, 0.3) is 0 Å². The van der Waals surface area contributed by atoms with Gasteiger partial charge in [-0.1, -0.05) is 81.8 Å². The average Bonchev–Trinajstić information content (AvgIpc) is 2.79. The number of hydrogen-bond acceptors (Lipinski definition) is 3. The van der Waals surface area contributed by atoms with Crippen molar-refractivity contribution in [3.8, 4) is 16.9 Å². The van der Waals surface area contributed by atoms with Crippen molar-refractivity contribution in [2.45, 2.75) is 47.1 Å². The molecule has 0 saturated carbocycles. The number of hydrogen-bond donors (Lipinski definition) is 2. The predicted molar refractivity (Wildman–Crippen MR) is 136 cm³/mol. The molecule has 0 spiro atoms. The SMILES string of the molecule is Cc1ccc(CC(=O)Nc2cc(-c3ccccc3C(=O)O)ccc2OC(C(C)C)C(C)C)cc1. The lowest BCUT2D eigenvalue weighted by atomic mass is 9.96. The Morgan fingerprint density at radius 1 is 0.912 bits per heavy atom. The van der Waals surface area contributed by atoms with E-state index in [1.807, 2.05) is 43.3 Å². The van der Waals surface area contributed by atoms with Crippen molar-refractivity contribution in [2.75, 3.05) is 5.32 Å². The van der Waals surface area contributed by atoms with E-state index in [2.05, 4.69) is 33.0 Å². The van der Waals surface area contributed by atoms with Crippen LogP contribution in [0.1, 0.15) is 49.2 Å². The van der Waals surface area contributed by atoms with Crippen LogP contribution in [0.4, 0.5) is 5.69 Å². The number of carboxylic acid groups (broad SMARTS) is 1. The number of aromatic carboxylic acids is 1. The van der Waals surface area contributed by atoms with Crippen LogP contribution in [0.3, 0.4) is 0 Å². The van der Waals surface area contributed by atoms with Gasteiger partial charge in [0, 0.05) is 0 Å². The fourth-order valence-electron chi connectivity index (χ4n) is 4.09. The molecule has 0 radical (unpaired) electrons. The molecule has 0 aliphatic rings. The van der Waals surface area contributed by atoms with E-state index in [4.69, 9.17) is 4.74 Å². The summed E-state index contributed by atoms with van der Waals surface area (Å²) in [6, 6.07) is 20.1. The molecule has 3 aromatic carbocycles. The lowest BCUT2D eigenvalue weighted by molar-refractivity contribution is -0.115. The molecule has 0 aliphatic carbocycles. The van der Waals surface area contributed by atoms with Gasteiger partial charge in [-0.15, -0.1) is 0 Å². The Hall–Kier alpha value is -3.60. The molecule has 0 aromatic heterocycles. The van der Waals surface area contributed by atoms with E-state index in [0.29, 0.717) is 22.6 Å². The fourth-order valence-corrected chi connectivity index (χ4v) is 4.09. The summed E-state index contributed by atoms with van der Waals surface area (Å²) in [4.78, 5) is 24.7. The molecule has 5 nitrogen and oxygen atoms in total. The van der Waals surface area contributed by atoms with Crippen LogP contribution >= 0.6 is 0 Å². The van der Waals surface area contributed by atoms with Crippen molar-refractivity contribution in [1.29, 1.82) is 0 Å². The summed E-state index contributed by atoms with van der Waals surface area (Å²) in [5.74, 6) is -0.0307. The number of aryl methyl sites for hydroxylation is 1. The zero-order valence-electron chi connectivity index (χ0n) is 20.5. The Morgan fingerprint density at radius 3 is 2.18 bits per heavy atom. The lowest BCUT2D eigenvalue weighted by Crippen LogP contribution is -2.29. The van der Waals surface area contributed by atoms with Gasteiger partial charge in [0.05, 0.1) is 17.7 Å². The molecular formula is C29H33NO4. The van der Waals surface area contributed by atoms with Gasteiger partial charge >= 0.3 is 5.97 Å². The van der Waals surface area contributed by atoms with E-state index in [1.54, 1.807) is 30.3 Å². The normalized spacial score (nSPS) is 11.2. The van der Waals surface area contributed by atoms with Gasteiger partial charge in [0.1, 0.15) is 11.9 Å². The Labute approximate surface area is 201 Å². The van der Waals surface area contributed by atoms with E-state index < -0.39 is 5.97 Å². The molecule has 34 heavy (non-hydrogen) atoms. The van der Waals surface area contributed by atoms with Crippen molar-refractivity contribution in [3.05, 3.63) is 83.4 Å². The van der Waals surface area contributed by atoms with Gasteiger partial charge in [-0.2, -0.15) is 0 Å². The maximum Gasteiger partial charge on any atom is 0.336 e. The molecule has 0 atom stereocenters. The van der Waals surface area contributed by atoms with Crippen LogP contribution in [0.2, 0.25) is 0 Å². The van der Waals surface area contributed by atoms with Gasteiger partial charge in [0.2, 0.25) is 5.91 Å². The Balaban J connectivity index is 1.98. The van der Waals surface area contributed by atoms with Crippen LogP contribution in [0.15, 0.2) is 66.7 Å². The third-order valence-electron chi connectivity index (χ3n) is 5.78. The van der Waals surface area contributed by atoms with Gasteiger partial charge in [0.15, 0.2) is 0 Å². The minimum Gasteiger partial charge on any atom is -0.488 e. The largest absolute Gasteiger partial charge is 0.488 e. The molecule has 0 fully saturated rings. The molecule has 0 saturated heterocycles. The quantitative estimate of drug-likeness (QED) is 0.378. The lowest BCUT2D eigenvalue weighted by Gasteiger charge is -2.27. The van der Waals surface area contributed by atoms with Crippen LogP contribution in [0.25, 0.3) is 11.1 Å². The summed E-state index contributed by atoms with van der Waals surface area (Å²) >= 11 is 0. The number of ether oxygens (including phenoxy) is 1. The fraction of sp³-hybridized carbons (Fsp3) is 0.310. The molecular weight excluding hydrogens is 426 g/mol. The summed E-state index contributed by atoms with van der Waals surface area (Å²) in [5, 5.41) is 12.6. The topological polar surface area (TPSA) is 75.6 Å². The first-order valence-corrected chi connectivity index (χ1v) is 11.6. The molecule has 178 valence electrons. The maximum atomic E-state index is 12.9. The van der Waals surface area contributed by atoms with E-state index in [0.717, 1.165) is 11.1 Å². The summed E-state index contributed by atoms with van der Waals surface area (Å²) in [5.41, 5.74) is 4.07. The highest BCUT2D eigenvalue weighted by Crippen LogP contribution is 2.34. The van der Waals surface area contributed by atoms with Crippen LogP contribution in [0.5, 0.6) is 5.75 Å². The summed E-state index contributed by atoms with van der Waals surface area (Å²) in [6.07, 6.45) is 0.192. The third-order valence-corrected chi connectivity index (χ3v) is 5.78. The molecule has 3 rings (SSSR count).